The Bertz CT molecular complexity index is 493. The number of carbonyl (C=O) groups is 2. The number of Topliss-reactive ketones (excluding diaryl/α,β-unsaturated/α-hetero) is 1. The van der Waals surface area contributed by atoms with E-state index in [0.717, 1.165) is 12.8 Å². The highest BCUT2D eigenvalue weighted by molar-refractivity contribution is 5.98. The fourth-order valence-corrected chi connectivity index (χ4v) is 2.53. The molecule has 1 fully saturated rings. The fraction of sp³-hybridized carbons (Fsp3) is 0.467. The first kappa shape index (κ1) is 17.6. The summed E-state index contributed by atoms with van der Waals surface area (Å²) in [7, 11) is 1.73. The zero-order chi connectivity index (χ0) is 14.5. The van der Waals surface area contributed by atoms with E-state index in [9.17, 15) is 14.0 Å². The number of nitrogens with zero attached hydrogens (tertiary/aromatic N) is 1. The predicted octanol–water partition coefficient (Wildman–Crippen LogP) is 1.89. The first-order valence-electron chi connectivity index (χ1n) is 6.84. The number of halogens is 2. The lowest BCUT2D eigenvalue weighted by atomic mass is 9.90. The fourth-order valence-electron chi connectivity index (χ4n) is 2.53. The number of nitrogens with one attached hydrogen (secondary N) is 1. The highest BCUT2D eigenvalue weighted by atomic mass is 35.5. The maximum Gasteiger partial charge on any atom is 0.236 e. The number of amides is 1. The number of hydrogen-bond donors (Lipinski definition) is 1. The molecule has 116 valence electrons. The third kappa shape index (κ3) is 4.51. The molecule has 4 nitrogen and oxygen atoms in total. The van der Waals surface area contributed by atoms with E-state index in [1.165, 1.54) is 24.3 Å². The molecule has 1 heterocycles. The summed E-state index contributed by atoms with van der Waals surface area (Å²) in [5, 5.41) is 2.83. The molecule has 0 aromatic heterocycles. The van der Waals surface area contributed by atoms with Gasteiger partial charge in [-0.2, -0.15) is 0 Å². The molecule has 1 N–H and O–H groups in total. The number of ketones is 1. The lowest BCUT2D eigenvalue weighted by molar-refractivity contribution is -0.131. The van der Waals surface area contributed by atoms with E-state index in [4.69, 9.17) is 0 Å². The van der Waals surface area contributed by atoms with Crippen LogP contribution in [-0.2, 0) is 4.79 Å². The maximum absolute atomic E-state index is 12.9. The van der Waals surface area contributed by atoms with Crippen LogP contribution in [0.2, 0.25) is 0 Å². The molecular weight excluding hydrogens is 295 g/mol. The summed E-state index contributed by atoms with van der Waals surface area (Å²) in [6, 6.07) is 5.60. The zero-order valence-electron chi connectivity index (χ0n) is 12.0. The molecule has 1 atom stereocenters. The van der Waals surface area contributed by atoms with Gasteiger partial charge >= 0.3 is 0 Å². The molecule has 1 aromatic carbocycles. The van der Waals surface area contributed by atoms with Gasteiger partial charge in [-0.15, -0.1) is 12.4 Å². The first-order chi connectivity index (χ1) is 9.61. The van der Waals surface area contributed by atoms with Crippen molar-refractivity contribution in [2.75, 3.05) is 26.7 Å². The van der Waals surface area contributed by atoms with Crippen LogP contribution in [0, 0.1) is 11.7 Å². The molecule has 1 aliphatic heterocycles. The Morgan fingerprint density at radius 1 is 1.33 bits per heavy atom. The van der Waals surface area contributed by atoms with Gasteiger partial charge in [-0.05, 0) is 44.2 Å². The quantitative estimate of drug-likeness (QED) is 0.863. The van der Waals surface area contributed by atoms with Gasteiger partial charge in [0.2, 0.25) is 5.91 Å². The van der Waals surface area contributed by atoms with Crippen molar-refractivity contribution < 1.29 is 14.0 Å². The second-order valence-electron chi connectivity index (χ2n) is 5.08. The molecule has 0 spiro atoms. The third-order valence-electron chi connectivity index (χ3n) is 3.60. The summed E-state index contributed by atoms with van der Waals surface area (Å²) in [5.41, 5.74) is 0.513. The van der Waals surface area contributed by atoms with Crippen LogP contribution >= 0.6 is 12.4 Å². The van der Waals surface area contributed by atoms with E-state index < -0.39 is 0 Å². The van der Waals surface area contributed by atoms with Crippen LogP contribution in [0.25, 0.3) is 0 Å². The highest BCUT2D eigenvalue weighted by Crippen LogP contribution is 2.21. The number of likely N-dealkylation sites (N-methyl/N-ethyl adjacent to an activating group) is 1. The number of benzene rings is 1. The molecule has 0 saturated carbocycles. The van der Waals surface area contributed by atoms with Crippen LogP contribution in [0.1, 0.15) is 23.2 Å². The molecule has 0 radical (unpaired) electrons. The Kier molecular flexibility index (Phi) is 6.78. The molecule has 0 aliphatic carbocycles. The standard InChI is InChI=1S/C15H19FN2O2.ClH/c1-17-9-14(19)18-8-2-3-12(10-18)15(20)11-4-6-13(16)7-5-11;/h4-7,12,17H,2-3,8-10H2,1H3;1H. The van der Waals surface area contributed by atoms with Gasteiger partial charge in [0.1, 0.15) is 5.82 Å². The molecule has 21 heavy (non-hydrogen) atoms. The predicted molar refractivity (Wildman–Crippen MR) is 81.2 cm³/mol. The number of carbonyl (C=O) groups excluding carboxylic acids is 2. The minimum atomic E-state index is -0.351. The van der Waals surface area contributed by atoms with E-state index in [1.807, 2.05) is 0 Å². The van der Waals surface area contributed by atoms with E-state index in [1.54, 1.807) is 11.9 Å². The summed E-state index contributed by atoms with van der Waals surface area (Å²) < 4.78 is 12.9. The van der Waals surface area contributed by atoms with Gasteiger partial charge in [0, 0.05) is 24.6 Å². The Balaban J connectivity index is 0.00000220. The summed E-state index contributed by atoms with van der Waals surface area (Å²) >= 11 is 0. The molecule has 1 amide bonds. The van der Waals surface area contributed by atoms with Crippen molar-refractivity contribution in [2.45, 2.75) is 12.8 Å². The van der Waals surface area contributed by atoms with Crippen molar-refractivity contribution in [3.05, 3.63) is 35.6 Å². The second kappa shape index (κ2) is 8.10. The molecule has 1 aromatic rings. The summed E-state index contributed by atoms with van der Waals surface area (Å²) in [5.74, 6) is -0.526. The van der Waals surface area contributed by atoms with Crippen LogP contribution < -0.4 is 5.32 Å². The lowest BCUT2D eigenvalue weighted by Crippen LogP contribution is -2.45. The minimum absolute atomic E-state index is 0. The van der Waals surface area contributed by atoms with Gasteiger partial charge in [-0.1, -0.05) is 0 Å². The normalized spacial score (nSPS) is 18.0. The van der Waals surface area contributed by atoms with E-state index in [-0.39, 0.29) is 42.4 Å². The summed E-state index contributed by atoms with van der Waals surface area (Å²) in [6.45, 7) is 1.45. The first-order valence-corrected chi connectivity index (χ1v) is 6.84. The molecule has 1 aliphatic rings. The monoisotopic (exact) mass is 314 g/mol. The number of hydrogen-bond acceptors (Lipinski definition) is 3. The molecule has 1 unspecified atom stereocenters. The Morgan fingerprint density at radius 3 is 2.62 bits per heavy atom. The molecule has 2 rings (SSSR count). The van der Waals surface area contributed by atoms with Crippen molar-refractivity contribution >= 4 is 24.1 Å². The summed E-state index contributed by atoms with van der Waals surface area (Å²) in [6.07, 6.45) is 1.60. The molecule has 1 saturated heterocycles. The van der Waals surface area contributed by atoms with Gasteiger partial charge in [0.15, 0.2) is 5.78 Å². The van der Waals surface area contributed by atoms with Crippen LogP contribution in [0.3, 0.4) is 0 Å². The Morgan fingerprint density at radius 2 is 2.00 bits per heavy atom. The molecule has 6 heteroatoms. The number of piperidine rings is 1. The maximum atomic E-state index is 12.9. The van der Waals surface area contributed by atoms with Gasteiger partial charge in [0.05, 0.1) is 6.54 Å². The Hall–Kier alpha value is -1.46. The average molecular weight is 315 g/mol. The summed E-state index contributed by atoms with van der Waals surface area (Å²) in [4.78, 5) is 25.9. The van der Waals surface area contributed by atoms with Crippen LogP contribution in [0.5, 0.6) is 0 Å². The van der Waals surface area contributed by atoms with Crippen LogP contribution in [0.15, 0.2) is 24.3 Å². The van der Waals surface area contributed by atoms with Crippen LogP contribution in [0.4, 0.5) is 4.39 Å². The zero-order valence-corrected chi connectivity index (χ0v) is 12.8. The van der Waals surface area contributed by atoms with Crippen molar-refractivity contribution in [1.29, 1.82) is 0 Å². The van der Waals surface area contributed by atoms with E-state index in [0.29, 0.717) is 18.7 Å². The Labute approximate surface area is 130 Å². The highest BCUT2D eigenvalue weighted by Gasteiger charge is 2.28. The van der Waals surface area contributed by atoms with E-state index in [2.05, 4.69) is 5.32 Å². The lowest BCUT2D eigenvalue weighted by Gasteiger charge is -2.32. The van der Waals surface area contributed by atoms with Gasteiger partial charge in [-0.25, -0.2) is 4.39 Å². The van der Waals surface area contributed by atoms with Gasteiger partial charge in [0.25, 0.3) is 0 Å². The number of rotatable bonds is 4. The van der Waals surface area contributed by atoms with Gasteiger partial charge in [-0.3, -0.25) is 9.59 Å². The largest absolute Gasteiger partial charge is 0.341 e. The van der Waals surface area contributed by atoms with Crippen molar-refractivity contribution in [3.63, 3.8) is 0 Å². The second-order valence-corrected chi connectivity index (χ2v) is 5.08. The van der Waals surface area contributed by atoms with Crippen molar-refractivity contribution in [2.24, 2.45) is 5.92 Å². The van der Waals surface area contributed by atoms with E-state index >= 15 is 0 Å². The van der Waals surface area contributed by atoms with Crippen LogP contribution in [-0.4, -0.2) is 43.3 Å². The smallest absolute Gasteiger partial charge is 0.236 e. The van der Waals surface area contributed by atoms with Crippen molar-refractivity contribution in [3.8, 4) is 0 Å². The van der Waals surface area contributed by atoms with Gasteiger partial charge < -0.3 is 10.2 Å². The SMILES string of the molecule is CNCC(=O)N1CCCC(C(=O)c2ccc(F)cc2)C1.Cl. The number of likely N-dealkylation sites (tertiary alicyclic amines) is 1. The molecule has 0 bridgehead atoms. The van der Waals surface area contributed by atoms with Crippen molar-refractivity contribution in [1.82, 2.24) is 10.2 Å². The topological polar surface area (TPSA) is 49.4 Å². The minimum Gasteiger partial charge on any atom is -0.341 e. The third-order valence-corrected chi connectivity index (χ3v) is 3.60. The average Bonchev–Trinajstić information content (AvgIpc) is 2.48. The molecular formula is C15H20ClFN2O2.